The van der Waals surface area contributed by atoms with Crippen molar-refractivity contribution in [1.82, 2.24) is 0 Å². The molecule has 0 aromatic heterocycles. The molecule has 0 aliphatic carbocycles. The Morgan fingerprint density at radius 2 is 0.564 bits per heavy atom. The van der Waals surface area contributed by atoms with Crippen LogP contribution in [-0.4, -0.2) is 0 Å². The standard InChI is InChI=1S/C55H68/c1-3-5-7-9-11-13-15-17-19-21-23-25-47-28-32-49(33-29-47)35-37-51-39-41-53-44-54-42-50(38-40-52(54)45-55(53)43-51)36-34-48-30-26-46(27-31-48)24-22-20-18-16-14-12-10-8-6-4-2/h26-33,38-45H,3-25H2,1-2H3. The number of unbranched alkanes of at least 4 members (excludes halogenated alkanes) is 19. The second kappa shape index (κ2) is 25.0. The van der Waals surface area contributed by atoms with Gasteiger partial charge >= 0.3 is 0 Å². The minimum absolute atomic E-state index is 1.05. The van der Waals surface area contributed by atoms with Gasteiger partial charge in [-0.1, -0.05) is 196 Å². The number of rotatable bonds is 23. The summed E-state index contributed by atoms with van der Waals surface area (Å²) in [5.74, 6) is 13.6. The van der Waals surface area contributed by atoms with Gasteiger partial charge < -0.3 is 0 Å². The minimum atomic E-state index is 1.05. The lowest BCUT2D eigenvalue weighted by molar-refractivity contribution is 0.549. The van der Waals surface area contributed by atoms with Gasteiger partial charge in [0, 0.05) is 22.3 Å². The summed E-state index contributed by atoms with van der Waals surface area (Å²) in [5, 5.41) is 4.90. The summed E-state index contributed by atoms with van der Waals surface area (Å²) in [5.41, 5.74) is 7.11. The van der Waals surface area contributed by atoms with Gasteiger partial charge in [0.1, 0.15) is 0 Å². The van der Waals surface area contributed by atoms with Crippen molar-refractivity contribution in [2.75, 3.05) is 0 Å². The Labute approximate surface area is 335 Å². The Kier molecular flexibility index (Phi) is 19.0. The zero-order chi connectivity index (χ0) is 38.2. The maximum Gasteiger partial charge on any atom is 0.0255 e. The van der Waals surface area contributed by atoms with Gasteiger partial charge in [0.05, 0.1) is 0 Å². The zero-order valence-electron chi connectivity index (χ0n) is 34.5. The highest BCUT2D eigenvalue weighted by atomic mass is 14.1. The number of hydrogen-bond donors (Lipinski definition) is 0. The first kappa shape index (κ1) is 41.9. The summed E-state index contributed by atoms with van der Waals surface area (Å²) < 4.78 is 0. The lowest BCUT2D eigenvalue weighted by Gasteiger charge is -2.04. The molecule has 5 rings (SSSR count). The van der Waals surface area contributed by atoms with Crippen LogP contribution in [0.1, 0.15) is 182 Å². The van der Waals surface area contributed by atoms with Crippen LogP contribution >= 0.6 is 0 Å². The predicted octanol–water partition coefficient (Wildman–Crippen LogP) is 16.1. The first-order chi connectivity index (χ1) is 27.2. The van der Waals surface area contributed by atoms with Gasteiger partial charge in [-0.25, -0.2) is 0 Å². The van der Waals surface area contributed by atoms with Crippen molar-refractivity contribution in [1.29, 1.82) is 0 Å². The van der Waals surface area contributed by atoms with Crippen LogP contribution in [-0.2, 0) is 12.8 Å². The van der Waals surface area contributed by atoms with Crippen molar-refractivity contribution in [3.63, 3.8) is 0 Å². The Bertz CT molecular complexity index is 1950. The molecule has 5 aromatic carbocycles. The van der Waals surface area contributed by atoms with Gasteiger partial charge in [-0.05, 0) is 119 Å². The van der Waals surface area contributed by atoms with E-state index in [1.54, 1.807) is 0 Å². The molecule has 0 N–H and O–H groups in total. The monoisotopic (exact) mass is 729 g/mol. The molecule has 0 radical (unpaired) electrons. The van der Waals surface area contributed by atoms with E-state index in [1.165, 1.54) is 180 Å². The molecule has 0 atom stereocenters. The SMILES string of the molecule is CCCCCCCCCCCCCc1ccc(C#Cc2ccc3cc4cc(C#Cc5ccc(CCCCCCCCCCCC)cc5)ccc4cc3c2)cc1. The van der Waals surface area contributed by atoms with Crippen LogP contribution in [0.25, 0.3) is 21.5 Å². The largest absolute Gasteiger partial charge is 0.0654 e. The average molecular weight is 729 g/mol. The molecule has 0 spiro atoms. The lowest BCUT2D eigenvalue weighted by Crippen LogP contribution is -1.87. The number of fused-ring (bicyclic) bond motifs is 2. The lowest BCUT2D eigenvalue weighted by atomic mass is 10.00. The predicted molar refractivity (Wildman–Crippen MR) is 242 cm³/mol. The molecule has 0 nitrogen and oxygen atoms in total. The number of aryl methyl sites for hydroxylation is 2. The van der Waals surface area contributed by atoms with Crippen LogP contribution in [0.15, 0.2) is 97.1 Å². The fourth-order valence-electron chi connectivity index (χ4n) is 7.76. The Hall–Kier alpha value is -4.26. The molecule has 5 aromatic rings. The number of benzene rings is 5. The Morgan fingerprint density at radius 3 is 0.909 bits per heavy atom. The van der Waals surface area contributed by atoms with Crippen molar-refractivity contribution in [2.24, 2.45) is 0 Å². The topological polar surface area (TPSA) is 0 Å². The van der Waals surface area contributed by atoms with Crippen LogP contribution in [0.5, 0.6) is 0 Å². The molecule has 0 saturated heterocycles. The third-order valence-electron chi connectivity index (χ3n) is 11.3. The van der Waals surface area contributed by atoms with Crippen molar-refractivity contribution in [3.8, 4) is 23.7 Å². The molecular weight excluding hydrogens is 661 g/mol. The molecule has 0 amide bonds. The Morgan fingerprint density at radius 1 is 0.273 bits per heavy atom. The highest BCUT2D eigenvalue weighted by Crippen LogP contribution is 2.25. The van der Waals surface area contributed by atoms with E-state index in [0.717, 1.165) is 22.3 Å². The van der Waals surface area contributed by atoms with E-state index in [9.17, 15) is 0 Å². The van der Waals surface area contributed by atoms with Gasteiger partial charge in [-0.2, -0.15) is 0 Å². The first-order valence-electron chi connectivity index (χ1n) is 22.4. The summed E-state index contributed by atoms with van der Waals surface area (Å²) >= 11 is 0. The highest BCUT2D eigenvalue weighted by molar-refractivity contribution is 5.99. The Balaban J connectivity index is 1.04. The normalized spacial score (nSPS) is 11.0. The van der Waals surface area contributed by atoms with Crippen LogP contribution in [0.4, 0.5) is 0 Å². The molecule has 0 heterocycles. The van der Waals surface area contributed by atoms with Crippen molar-refractivity contribution < 1.29 is 0 Å². The molecule has 288 valence electrons. The van der Waals surface area contributed by atoms with E-state index in [0.29, 0.717) is 0 Å². The van der Waals surface area contributed by atoms with E-state index in [2.05, 4.69) is 135 Å². The fourth-order valence-corrected chi connectivity index (χ4v) is 7.76. The molecule has 55 heavy (non-hydrogen) atoms. The third-order valence-corrected chi connectivity index (χ3v) is 11.3. The fraction of sp³-hybridized carbons (Fsp3) is 0.455. The van der Waals surface area contributed by atoms with Gasteiger partial charge in [0.25, 0.3) is 0 Å². The van der Waals surface area contributed by atoms with E-state index in [-0.39, 0.29) is 0 Å². The minimum Gasteiger partial charge on any atom is -0.0654 e. The van der Waals surface area contributed by atoms with E-state index in [4.69, 9.17) is 0 Å². The highest BCUT2D eigenvalue weighted by Gasteiger charge is 2.02. The first-order valence-corrected chi connectivity index (χ1v) is 22.4. The van der Waals surface area contributed by atoms with Crippen LogP contribution in [0, 0.1) is 23.7 Å². The van der Waals surface area contributed by atoms with Gasteiger partial charge in [0.2, 0.25) is 0 Å². The second-order valence-corrected chi connectivity index (χ2v) is 16.1. The zero-order valence-corrected chi connectivity index (χ0v) is 34.5. The van der Waals surface area contributed by atoms with Crippen LogP contribution < -0.4 is 0 Å². The molecule has 0 aliphatic rings. The van der Waals surface area contributed by atoms with Gasteiger partial charge in [0.15, 0.2) is 0 Å². The molecule has 0 bridgehead atoms. The molecule has 0 heteroatoms. The van der Waals surface area contributed by atoms with Crippen molar-refractivity contribution in [2.45, 2.75) is 162 Å². The van der Waals surface area contributed by atoms with Crippen LogP contribution in [0.3, 0.4) is 0 Å². The van der Waals surface area contributed by atoms with Gasteiger partial charge in [-0.3, -0.25) is 0 Å². The molecular formula is C55H68. The summed E-state index contributed by atoms with van der Waals surface area (Å²) in [6, 6.07) is 35.5. The average Bonchev–Trinajstić information content (AvgIpc) is 3.22. The molecule has 0 fully saturated rings. The quantitative estimate of drug-likeness (QED) is 0.0357. The summed E-state index contributed by atoms with van der Waals surface area (Å²) in [4.78, 5) is 0. The van der Waals surface area contributed by atoms with Gasteiger partial charge in [-0.15, -0.1) is 0 Å². The third kappa shape index (κ3) is 15.8. The summed E-state index contributed by atoms with van der Waals surface area (Å²) in [7, 11) is 0. The molecule has 0 saturated carbocycles. The van der Waals surface area contributed by atoms with E-state index < -0.39 is 0 Å². The van der Waals surface area contributed by atoms with Crippen molar-refractivity contribution >= 4 is 21.5 Å². The van der Waals surface area contributed by atoms with Crippen LogP contribution in [0.2, 0.25) is 0 Å². The molecule has 0 unspecified atom stereocenters. The maximum absolute atomic E-state index is 3.41. The van der Waals surface area contributed by atoms with E-state index in [1.807, 2.05) is 0 Å². The van der Waals surface area contributed by atoms with E-state index >= 15 is 0 Å². The number of hydrogen-bond acceptors (Lipinski definition) is 0. The maximum atomic E-state index is 3.41. The molecule has 0 aliphatic heterocycles. The summed E-state index contributed by atoms with van der Waals surface area (Å²) in [6.45, 7) is 4.58. The second-order valence-electron chi connectivity index (χ2n) is 16.1. The smallest absolute Gasteiger partial charge is 0.0255 e. The summed E-state index contributed by atoms with van der Waals surface area (Å²) in [6.07, 6.45) is 31.5. The van der Waals surface area contributed by atoms with Crippen molar-refractivity contribution in [3.05, 3.63) is 130 Å².